The molecule has 0 saturated carbocycles. The molecule has 17 heavy (non-hydrogen) atoms. The standard InChI is InChI=1S/C12H13Br2N3/c1-2-6-17-7-5-15-12(17)16-11-4-3-9(13)8-10(11)14/h3-5,7-8H,2,6H2,1H3,(H,15,16). The normalized spacial score (nSPS) is 10.5. The van der Waals surface area contributed by atoms with E-state index in [1.165, 1.54) is 0 Å². The molecule has 0 saturated heterocycles. The summed E-state index contributed by atoms with van der Waals surface area (Å²) in [4.78, 5) is 4.31. The van der Waals surface area contributed by atoms with Crippen molar-refractivity contribution >= 4 is 43.5 Å². The molecule has 0 radical (unpaired) electrons. The number of anilines is 2. The second-order valence-electron chi connectivity index (χ2n) is 3.69. The molecule has 0 aliphatic carbocycles. The van der Waals surface area contributed by atoms with Crippen molar-refractivity contribution in [3.05, 3.63) is 39.5 Å². The molecule has 3 nitrogen and oxygen atoms in total. The van der Waals surface area contributed by atoms with Crippen molar-refractivity contribution in [2.75, 3.05) is 5.32 Å². The number of nitrogens with one attached hydrogen (secondary N) is 1. The molecule has 0 amide bonds. The van der Waals surface area contributed by atoms with Gasteiger partial charge < -0.3 is 9.88 Å². The summed E-state index contributed by atoms with van der Waals surface area (Å²) in [6.07, 6.45) is 4.88. The molecule has 0 atom stereocenters. The Balaban J connectivity index is 2.22. The van der Waals surface area contributed by atoms with Crippen LogP contribution in [0.5, 0.6) is 0 Å². The largest absolute Gasteiger partial charge is 0.325 e. The van der Waals surface area contributed by atoms with Crippen molar-refractivity contribution < 1.29 is 0 Å². The molecule has 0 aliphatic heterocycles. The fourth-order valence-corrected chi connectivity index (χ4v) is 2.71. The Kier molecular flexibility index (Phi) is 4.23. The summed E-state index contributed by atoms with van der Waals surface area (Å²) in [5.74, 6) is 0.870. The van der Waals surface area contributed by atoms with Gasteiger partial charge in [0.1, 0.15) is 0 Å². The lowest BCUT2D eigenvalue weighted by atomic mass is 10.3. The van der Waals surface area contributed by atoms with Crippen molar-refractivity contribution in [2.24, 2.45) is 0 Å². The topological polar surface area (TPSA) is 29.9 Å². The Labute approximate surface area is 118 Å². The molecule has 2 rings (SSSR count). The lowest BCUT2D eigenvalue weighted by Gasteiger charge is -2.10. The Hall–Kier alpha value is -0.810. The summed E-state index contributed by atoms with van der Waals surface area (Å²) < 4.78 is 4.17. The van der Waals surface area contributed by atoms with Gasteiger partial charge in [-0.3, -0.25) is 0 Å². The molecule has 1 heterocycles. The van der Waals surface area contributed by atoms with Gasteiger partial charge in [-0.2, -0.15) is 0 Å². The Bertz CT molecular complexity index is 508. The van der Waals surface area contributed by atoms with E-state index in [-0.39, 0.29) is 0 Å². The predicted molar refractivity (Wildman–Crippen MR) is 77.6 cm³/mol. The zero-order chi connectivity index (χ0) is 12.3. The highest BCUT2D eigenvalue weighted by Gasteiger charge is 2.05. The molecule has 0 unspecified atom stereocenters. The van der Waals surface area contributed by atoms with E-state index in [4.69, 9.17) is 0 Å². The van der Waals surface area contributed by atoms with Crippen LogP contribution in [0.15, 0.2) is 39.5 Å². The molecular weight excluding hydrogens is 346 g/mol. The molecular formula is C12H13Br2N3. The number of nitrogens with zero attached hydrogens (tertiary/aromatic N) is 2. The van der Waals surface area contributed by atoms with E-state index in [0.717, 1.165) is 33.5 Å². The number of benzene rings is 1. The van der Waals surface area contributed by atoms with Crippen molar-refractivity contribution in [3.8, 4) is 0 Å². The molecule has 1 aromatic heterocycles. The van der Waals surface area contributed by atoms with Crippen molar-refractivity contribution in [1.29, 1.82) is 0 Å². The molecule has 0 aliphatic rings. The fourth-order valence-electron chi connectivity index (χ4n) is 1.57. The van der Waals surface area contributed by atoms with E-state index in [1.54, 1.807) is 0 Å². The van der Waals surface area contributed by atoms with Crippen LogP contribution in [0.2, 0.25) is 0 Å². The SMILES string of the molecule is CCCn1ccnc1Nc1ccc(Br)cc1Br. The molecule has 5 heteroatoms. The lowest BCUT2D eigenvalue weighted by molar-refractivity contribution is 0.686. The van der Waals surface area contributed by atoms with Crippen LogP contribution in [0.25, 0.3) is 0 Å². The van der Waals surface area contributed by atoms with Crippen LogP contribution in [-0.2, 0) is 6.54 Å². The van der Waals surface area contributed by atoms with Crippen LogP contribution in [0.4, 0.5) is 11.6 Å². The van der Waals surface area contributed by atoms with Crippen LogP contribution < -0.4 is 5.32 Å². The third-order valence-electron chi connectivity index (χ3n) is 2.36. The third kappa shape index (κ3) is 3.10. The number of imidazole rings is 1. The highest BCUT2D eigenvalue weighted by molar-refractivity contribution is 9.11. The van der Waals surface area contributed by atoms with Crippen LogP contribution >= 0.6 is 31.9 Å². The highest BCUT2D eigenvalue weighted by Crippen LogP contribution is 2.28. The minimum atomic E-state index is 0.870. The van der Waals surface area contributed by atoms with Crippen LogP contribution in [0.1, 0.15) is 13.3 Å². The first-order valence-corrected chi connectivity index (χ1v) is 7.02. The first-order chi connectivity index (χ1) is 8.20. The first kappa shape index (κ1) is 12.6. The summed E-state index contributed by atoms with van der Waals surface area (Å²) >= 11 is 6.96. The number of rotatable bonds is 4. The van der Waals surface area contributed by atoms with Gasteiger partial charge in [-0.05, 0) is 40.5 Å². The van der Waals surface area contributed by atoms with Crippen LogP contribution in [-0.4, -0.2) is 9.55 Å². The lowest BCUT2D eigenvalue weighted by Crippen LogP contribution is -2.03. The monoisotopic (exact) mass is 357 g/mol. The van der Waals surface area contributed by atoms with Gasteiger partial charge in [-0.1, -0.05) is 22.9 Å². The summed E-state index contributed by atoms with van der Waals surface area (Å²) in [5.41, 5.74) is 1.01. The molecule has 1 aromatic carbocycles. The smallest absolute Gasteiger partial charge is 0.207 e. The van der Waals surface area contributed by atoms with Crippen molar-refractivity contribution in [3.63, 3.8) is 0 Å². The predicted octanol–water partition coefficient (Wildman–Crippen LogP) is 4.56. The number of halogens is 2. The number of hydrogen-bond acceptors (Lipinski definition) is 2. The Morgan fingerprint density at radius 2 is 2.18 bits per heavy atom. The summed E-state index contributed by atoms with van der Waals surface area (Å²) in [7, 11) is 0. The maximum atomic E-state index is 4.31. The molecule has 2 aromatic rings. The quantitative estimate of drug-likeness (QED) is 0.868. The minimum Gasteiger partial charge on any atom is -0.325 e. The van der Waals surface area contributed by atoms with Gasteiger partial charge in [0.15, 0.2) is 0 Å². The van der Waals surface area contributed by atoms with E-state index in [1.807, 2.05) is 30.6 Å². The maximum absolute atomic E-state index is 4.31. The van der Waals surface area contributed by atoms with Gasteiger partial charge in [0, 0.05) is 27.9 Å². The van der Waals surface area contributed by atoms with E-state index in [9.17, 15) is 0 Å². The molecule has 0 fully saturated rings. The Morgan fingerprint density at radius 3 is 2.88 bits per heavy atom. The average Bonchev–Trinajstić information content (AvgIpc) is 2.71. The zero-order valence-corrected chi connectivity index (χ0v) is 12.6. The van der Waals surface area contributed by atoms with E-state index in [2.05, 4.69) is 53.7 Å². The van der Waals surface area contributed by atoms with E-state index in [0.29, 0.717) is 0 Å². The van der Waals surface area contributed by atoms with Crippen molar-refractivity contribution in [2.45, 2.75) is 19.9 Å². The van der Waals surface area contributed by atoms with Gasteiger partial charge >= 0.3 is 0 Å². The third-order valence-corrected chi connectivity index (χ3v) is 3.51. The van der Waals surface area contributed by atoms with Crippen LogP contribution in [0.3, 0.4) is 0 Å². The van der Waals surface area contributed by atoms with Crippen molar-refractivity contribution in [1.82, 2.24) is 9.55 Å². The van der Waals surface area contributed by atoms with Gasteiger partial charge in [0.25, 0.3) is 0 Å². The summed E-state index contributed by atoms with van der Waals surface area (Å²) in [6, 6.07) is 6.02. The van der Waals surface area contributed by atoms with Gasteiger partial charge in [-0.15, -0.1) is 0 Å². The number of aromatic nitrogens is 2. The summed E-state index contributed by atoms with van der Waals surface area (Å²) in [5, 5.41) is 3.32. The van der Waals surface area contributed by atoms with Gasteiger partial charge in [0.2, 0.25) is 5.95 Å². The fraction of sp³-hybridized carbons (Fsp3) is 0.250. The second kappa shape index (κ2) is 5.69. The molecule has 1 N–H and O–H groups in total. The molecule has 90 valence electrons. The van der Waals surface area contributed by atoms with E-state index < -0.39 is 0 Å². The van der Waals surface area contributed by atoms with Crippen LogP contribution in [0, 0.1) is 0 Å². The average molecular weight is 359 g/mol. The first-order valence-electron chi connectivity index (χ1n) is 5.44. The number of aryl methyl sites for hydroxylation is 1. The molecule has 0 spiro atoms. The Morgan fingerprint density at radius 1 is 1.35 bits per heavy atom. The maximum Gasteiger partial charge on any atom is 0.207 e. The van der Waals surface area contributed by atoms with Gasteiger partial charge in [-0.25, -0.2) is 4.98 Å². The molecule has 0 bridgehead atoms. The minimum absolute atomic E-state index is 0.870. The highest BCUT2D eigenvalue weighted by atomic mass is 79.9. The summed E-state index contributed by atoms with van der Waals surface area (Å²) in [6.45, 7) is 3.12. The van der Waals surface area contributed by atoms with Gasteiger partial charge in [0.05, 0.1) is 5.69 Å². The second-order valence-corrected chi connectivity index (χ2v) is 5.46. The zero-order valence-electron chi connectivity index (χ0n) is 9.45. The number of hydrogen-bond donors (Lipinski definition) is 1. The van der Waals surface area contributed by atoms with E-state index >= 15 is 0 Å².